The lowest BCUT2D eigenvalue weighted by Crippen LogP contribution is -2.26. The van der Waals surface area contributed by atoms with Crippen molar-refractivity contribution >= 4 is 22.6 Å². The maximum Gasteiger partial charge on any atom is 0.345 e. The average molecular weight is 380 g/mol. The number of pyridine rings is 1. The van der Waals surface area contributed by atoms with Gasteiger partial charge in [-0.3, -0.25) is 9.78 Å². The maximum absolute atomic E-state index is 12.5. The van der Waals surface area contributed by atoms with Crippen LogP contribution in [0.5, 0.6) is 0 Å². The number of aromatic nitrogens is 1. The summed E-state index contributed by atoms with van der Waals surface area (Å²) in [4.78, 5) is 30.5. The van der Waals surface area contributed by atoms with Gasteiger partial charge in [-0.1, -0.05) is 6.07 Å². The van der Waals surface area contributed by atoms with Gasteiger partial charge in [0.15, 0.2) is 0 Å². The Labute approximate surface area is 163 Å². The molecule has 0 saturated carbocycles. The normalized spacial score (nSPS) is 10.8. The van der Waals surface area contributed by atoms with E-state index in [2.05, 4.69) is 4.98 Å². The lowest BCUT2D eigenvalue weighted by atomic mass is 10.1. The number of nitrogens with zero attached hydrogens (tertiary/aromatic N) is 2. The third-order valence-corrected chi connectivity index (χ3v) is 4.62. The van der Waals surface area contributed by atoms with Crippen molar-refractivity contribution < 1.29 is 13.9 Å². The Kier molecular flexibility index (Phi) is 6.09. The highest BCUT2D eigenvalue weighted by molar-refractivity contribution is 5.84. The van der Waals surface area contributed by atoms with Gasteiger partial charge in [0.1, 0.15) is 5.58 Å². The van der Waals surface area contributed by atoms with E-state index in [1.165, 1.54) is 0 Å². The smallest absolute Gasteiger partial charge is 0.345 e. The van der Waals surface area contributed by atoms with Crippen LogP contribution in [0, 0.1) is 6.92 Å². The first-order valence-electron chi connectivity index (χ1n) is 9.44. The van der Waals surface area contributed by atoms with Gasteiger partial charge in [0.2, 0.25) is 0 Å². The molecule has 6 heteroatoms. The van der Waals surface area contributed by atoms with Crippen LogP contribution < -0.4 is 10.5 Å². The lowest BCUT2D eigenvalue weighted by Gasteiger charge is -2.22. The highest BCUT2D eigenvalue weighted by Crippen LogP contribution is 2.25. The predicted octanol–water partition coefficient (Wildman–Crippen LogP) is 3.94. The van der Waals surface area contributed by atoms with Gasteiger partial charge < -0.3 is 14.1 Å². The van der Waals surface area contributed by atoms with Crippen molar-refractivity contribution in [3.63, 3.8) is 0 Å². The highest BCUT2D eigenvalue weighted by Gasteiger charge is 2.13. The van der Waals surface area contributed by atoms with Crippen molar-refractivity contribution in [3.8, 4) is 11.3 Å². The minimum atomic E-state index is -0.416. The number of anilines is 1. The second-order valence-electron chi connectivity index (χ2n) is 6.47. The zero-order chi connectivity index (χ0) is 20.1. The molecule has 0 fully saturated rings. The molecule has 0 N–H and O–H groups in total. The Hall–Kier alpha value is -3.15. The summed E-state index contributed by atoms with van der Waals surface area (Å²) in [7, 11) is 0. The molecule has 2 heterocycles. The molecule has 0 aliphatic rings. The predicted molar refractivity (Wildman–Crippen MR) is 110 cm³/mol. The van der Waals surface area contributed by atoms with Crippen molar-refractivity contribution in [2.45, 2.75) is 27.2 Å². The van der Waals surface area contributed by atoms with Crippen LogP contribution in [0.3, 0.4) is 0 Å². The molecule has 0 unspecified atom stereocenters. The molecule has 0 aliphatic carbocycles. The second kappa shape index (κ2) is 8.69. The molecule has 0 aliphatic heterocycles. The number of hydrogen-bond acceptors (Lipinski definition) is 6. The summed E-state index contributed by atoms with van der Waals surface area (Å²) in [5, 5.41) is 0.824. The van der Waals surface area contributed by atoms with Crippen LogP contribution in [-0.4, -0.2) is 30.6 Å². The number of carbonyl (C=O) groups is 1. The fourth-order valence-corrected chi connectivity index (χ4v) is 3.16. The SMILES string of the molecule is CCOC(=O)CCN(CC)c1ccc2cc(-c3ncccc3C)c(=O)oc2c1. The fraction of sp³-hybridized carbons (Fsp3) is 0.318. The molecule has 0 radical (unpaired) electrons. The molecule has 3 rings (SSSR count). The Balaban J connectivity index is 1.92. The number of hydrogen-bond donors (Lipinski definition) is 0. The maximum atomic E-state index is 12.5. The molecular formula is C22H24N2O4. The molecule has 0 saturated heterocycles. The summed E-state index contributed by atoms with van der Waals surface area (Å²) in [6.07, 6.45) is 1.97. The van der Waals surface area contributed by atoms with Crippen LogP contribution in [0.1, 0.15) is 25.8 Å². The van der Waals surface area contributed by atoms with Gasteiger partial charge in [0.25, 0.3) is 0 Å². The number of benzene rings is 1. The van der Waals surface area contributed by atoms with Gasteiger partial charge in [-0.25, -0.2) is 4.79 Å². The number of aryl methyl sites for hydroxylation is 1. The standard InChI is InChI=1S/C22H24N2O4/c1-4-24(12-10-20(25)27-5-2)17-9-8-16-13-18(22(26)28-19(16)14-17)21-15(3)7-6-11-23-21/h6-9,11,13-14H,4-5,10,12H2,1-3H3. The van der Waals surface area contributed by atoms with Gasteiger partial charge in [-0.05, 0) is 50.6 Å². The van der Waals surface area contributed by atoms with Crippen LogP contribution in [0.4, 0.5) is 5.69 Å². The molecule has 2 aromatic heterocycles. The van der Waals surface area contributed by atoms with Crippen molar-refractivity contribution in [1.82, 2.24) is 4.98 Å². The summed E-state index contributed by atoms with van der Waals surface area (Å²) in [5.74, 6) is -0.219. The van der Waals surface area contributed by atoms with Crippen LogP contribution in [0.25, 0.3) is 22.2 Å². The molecule has 3 aromatic rings. The van der Waals surface area contributed by atoms with Crippen LogP contribution in [0.15, 0.2) is 51.8 Å². The van der Waals surface area contributed by atoms with Gasteiger partial charge in [0, 0.05) is 36.4 Å². The summed E-state index contributed by atoms with van der Waals surface area (Å²) < 4.78 is 10.6. The zero-order valence-corrected chi connectivity index (χ0v) is 16.4. The van der Waals surface area contributed by atoms with E-state index in [9.17, 15) is 9.59 Å². The van der Waals surface area contributed by atoms with Gasteiger partial charge in [-0.2, -0.15) is 0 Å². The first kappa shape index (κ1) is 19.6. The van der Waals surface area contributed by atoms with Gasteiger partial charge >= 0.3 is 11.6 Å². The Morgan fingerprint density at radius 1 is 1.21 bits per heavy atom. The van der Waals surface area contributed by atoms with E-state index in [0.717, 1.165) is 23.2 Å². The van der Waals surface area contributed by atoms with E-state index in [4.69, 9.17) is 9.15 Å². The van der Waals surface area contributed by atoms with Crippen molar-refractivity contribution in [2.75, 3.05) is 24.6 Å². The molecular weight excluding hydrogens is 356 g/mol. The fourth-order valence-electron chi connectivity index (χ4n) is 3.16. The molecule has 1 aromatic carbocycles. The summed E-state index contributed by atoms with van der Waals surface area (Å²) in [5.41, 5.74) is 2.99. The van der Waals surface area contributed by atoms with Crippen LogP contribution >= 0.6 is 0 Å². The van der Waals surface area contributed by atoms with E-state index in [0.29, 0.717) is 36.4 Å². The van der Waals surface area contributed by atoms with Crippen LogP contribution in [-0.2, 0) is 9.53 Å². The Bertz CT molecular complexity index is 1040. The van der Waals surface area contributed by atoms with Gasteiger partial charge in [0.05, 0.1) is 24.3 Å². The number of fused-ring (bicyclic) bond motifs is 1. The number of carbonyl (C=O) groups excluding carboxylic acids is 1. The van der Waals surface area contributed by atoms with E-state index < -0.39 is 5.63 Å². The average Bonchev–Trinajstić information content (AvgIpc) is 2.68. The molecule has 0 amide bonds. The third kappa shape index (κ3) is 4.22. The highest BCUT2D eigenvalue weighted by atomic mass is 16.5. The van der Waals surface area contributed by atoms with E-state index in [1.807, 2.05) is 55.1 Å². The van der Waals surface area contributed by atoms with Gasteiger partial charge in [-0.15, -0.1) is 0 Å². The minimum absolute atomic E-state index is 0.219. The molecule has 0 spiro atoms. The largest absolute Gasteiger partial charge is 0.466 e. The first-order valence-corrected chi connectivity index (χ1v) is 9.44. The summed E-state index contributed by atoms with van der Waals surface area (Å²) >= 11 is 0. The monoisotopic (exact) mass is 380 g/mol. The summed E-state index contributed by atoms with van der Waals surface area (Å²) in [6.45, 7) is 7.36. The lowest BCUT2D eigenvalue weighted by molar-refractivity contribution is -0.142. The number of esters is 1. The summed E-state index contributed by atoms with van der Waals surface area (Å²) in [6, 6.07) is 11.3. The zero-order valence-electron chi connectivity index (χ0n) is 16.4. The van der Waals surface area contributed by atoms with E-state index in [-0.39, 0.29) is 5.97 Å². The number of ether oxygens (including phenoxy) is 1. The molecule has 146 valence electrons. The molecule has 0 bridgehead atoms. The Morgan fingerprint density at radius 2 is 2.04 bits per heavy atom. The number of rotatable bonds is 7. The Morgan fingerprint density at radius 3 is 2.75 bits per heavy atom. The van der Waals surface area contributed by atoms with Crippen LogP contribution in [0.2, 0.25) is 0 Å². The molecule has 28 heavy (non-hydrogen) atoms. The molecule has 6 nitrogen and oxygen atoms in total. The first-order chi connectivity index (χ1) is 13.5. The molecule has 0 atom stereocenters. The quantitative estimate of drug-likeness (QED) is 0.457. The van der Waals surface area contributed by atoms with Crippen molar-refractivity contribution in [1.29, 1.82) is 0 Å². The van der Waals surface area contributed by atoms with Crippen molar-refractivity contribution in [2.24, 2.45) is 0 Å². The van der Waals surface area contributed by atoms with Crippen molar-refractivity contribution in [3.05, 3.63) is 58.6 Å². The second-order valence-corrected chi connectivity index (χ2v) is 6.47. The van der Waals surface area contributed by atoms with E-state index >= 15 is 0 Å². The third-order valence-electron chi connectivity index (χ3n) is 4.62. The topological polar surface area (TPSA) is 72.6 Å². The van der Waals surface area contributed by atoms with E-state index in [1.54, 1.807) is 13.1 Å². The minimum Gasteiger partial charge on any atom is -0.466 e.